The maximum atomic E-state index is 14.2. The minimum Gasteiger partial charge on any atom is -0.507 e. The van der Waals surface area contributed by atoms with E-state index in [0.29, 0.717) is 141 Å². The Morgan fingerprint density at radius 3 is 0.836 bits per heavy atom. The van der Waals surface area contributed by atoms with Crippen molar-refractivity contribution in [2.24, 2.45) is 0 Å². The molecule has 22 rings (SSSR count). The van der Waals surface area contributed by atoms with Crippen LogP contribution in [-0.2, 0) is 23.0 Å². The van der Waals surface area contributed by atoms with Crippen LogP contribution in [0.15, 0.2) is 150 Å². The lowest BCUT2D eigenvalue weighted by atomic mass is 9.78. The molecule has 116 heavy (non-hydrogen) atoms. The van der Waals surface area contributed by atoms with Gasteiger partial charge in [-0.3, -0.25) is 28.8 Å². The second-order valence-electron chi connectivity index (χ2n) is 30.4. The van der Waals surface area contributed by atoms with E-state index in [1.54, 1.807) is 50.2 Å². The highest BCUT2D eigenvalue weighted by atomic mass is 17.2. The zero-order chi connectivity index (χ0) is 81.3. The summed E-state index contributed by atoms with van der Waals surface area (Å²) in [4.78, 5) is 103. The first-order valence-electron chi connectivity index (χ1n) is 36.7. The Morgan fingerprint density at radius 1 is 0.233 bits per heavy atom. The third kappa shape index (κ3) is 8.75. The fourth-order valence-corrected chi connectivity index (χ4v) is 19.6. The van der Waals surface area contributed by atoms with Gasteiger partial charge in [-0.05, 0) is 142 Å². The van der Waals surface area contributed by atoms with Gasteiger partial charge in [-0.1, -0.05) is 95.1 Å². The number of rotatable bonds is 6. The van der Waals surface area contributed by atoms with Gasteiger partial charge in [0.15, 0.2) is 44.1 Å². The molecule has 0 radical (unpaired) electrons. The van der Waals surface area contributed by atoms with Crippen molar-refractivity contribution in [2.75, 3.05) is 14.2 Å². The SMILES string of the molecule is COOc1cc(CO)c2c(=O)c3ccc(C)cc3c3c2c1c1c(OOC)cc(CO)c2c(=O)c4ccc(C)cc4c3c21.Cc1cc(=O)c2c(O)c3c(O)cc(O)c4c5c(O)cc(O)c6c(O)c7c(=O)cc(C)c8c1c2c(c34)c(c65)c78.Cc1ccc2c(O)c3c(O)cc(=O)c4c5c(=O)cc(O)c6c(O)c7ccc(C)cc7c(c65)c(c2c1)c34. The number of phenolic OH excluding ortho intramolecular Hbond substituents is 10. The largest absolute Gasteiger partial charge is 0.507 e. The second-order valence-corrected chi connectivity index (χ2v) is 30.4. The number of phenols is 10. The van der Waals surface area contributed by atoms with Gasteiger partial charge in [0.25, 0.3) is 0 Å². The van der Waals surface area contributed by atoms with Crippen molar-refractivity contribution in [2.45, 2.75) is 54.8 Å². The van der Waals surface area contributed by atoms with E-state index in [9.17, 15) is 90.0 Å². The molecule has 0 saturated heterocycles. The quantitative estimate of drug-likeness (QED) is 0.0318. The first-order chi connectivity index (χ1) is 55.6. The predicted octanol–water partition coefficient (Wildman–Crippen LogP) is 16.4. The first kappa shape index (κ1) is 70.4. The number of aromatic hydroxyl groups is 10. The molecule has 0 heterocycles. The molecule has 0 spiro atoms. The first-order valence-corrected chi connectivity index (χ1v) is 36.7. The molecule has 12 N–H and O–H groups in total. The Kier molecular flexibility index (Phi) is 14.5. The van der Waals surface area contributed by atoms with Gasteiger partial charge in [-0.15, -0.1) is 0 Å². The minimum absolute atomic E-state index is 0.0328. The molecule has 0 atom stereocenters. The lowest BCUT2D eigenvalue weighted by molar-refractivity contribution is -0.177. The lowest BCUT2D eigenvalue weighted by Gasteiger charge is -2.25. The molecule has 22 heteroatoms. The summed E-state index contributed by atoms with van der Waals surface area (Å²) in [6.45, 7) is 10.3. The third-order valence-corrected chi connectivity index (χ3v) is 23.9. The van der Waals surface area contributed by atoms with Crippen molar-refractivity contribution in [3.8, 4) is 69.0 Å². The topological polar surface area (TPSA) is 382 Å². The van der Waals surface area contributed by atoms with Crippen LogP contribution >= 0.6 is 0 Å². The third-order valence-electron chi connectivity index (χ3n) is 23.9. The molecule has 22 aromatic carbocycles. The summed E-state index contributed by atoms with van der Waals surface area (Å²) in [6.07, 6.45) is 0. The molecule has 22 aromatic rings. The van der Waals surface area contributed by atoms with Crippen LogP contribution in [0.25, 0.3) is 205 Å². The maximum absolute atomic E-state index is 14.2. The van der Waals surface area contributed by atoms with Crippen molar-refractivity contribution in [1.29, 1.82) is 0 Å². The van der Waals surface area contributed by atoms with E-state index in [1.165, 1.54) is 26.4 Å². The van der Waals surface area contributed by atoms with Gasteiger partial charge >= 0.3 is 0 Å². The van der Waals surface area contributed by atoms with Gasteiger partial charge in [0, 0.05) is 143 Å². The molecule has 568 valence electrons. The second kappa shape index (κ2) is 23.9. The predicted molar refractivity (Wildman–Crippen MR) is 451 cm³/mol. The van der Waals surface area contributed by atoms with Gasteiger partial charge in [-0.2, -0.15) is 9.78 Å². The number of fused-ring (bicyclic) bond motifs is 14. The van der Waals surface area contributed by atoms with E-state index in [2.05, 4.69) is 0 Å². The average Bonchev–Trinajstić information content (AvgIpc) is 0.646. The van der Waals surface area contributed by atoms with E-state index in [1.807, 2.05) is 76.2 Å². The van der Waals surface area contributed by atoms with E-state index >= 15 is 0 Å². The van der Waals surface area contributed by atoms with Crippen molar-refractivity contribution >= 4 is 205 Å². The van der Waals surface area contributed by atoms with Crippen LogP contribution in [0.2, 0.25) is 0 Å². The van der Waals surface area contributed by atoms with Crippen molar-refractivity contribution in [3.63, 3.8) is 0 Å². The summed E-state index contributed by atoms with van der Waals surface area (Å²) in [7, 11) is 2.72. The highest BCUT2D eigenvalue weighted by Crippen LogP contribution is 2.62. The summed E-state index contributed by atoms with van der Waals surface area (Å²) in [5.41, 5.74) is 2.97. The zero-order valence-electron chi connectivity index (χ0n) is 62.4. The molecule has 0 unspecified atom stereocenters. The van der Waals surface area contributed by atoms with E-state index in [0.717, 1.165) is 57.3 Å². The Bertz CT molecular complexity index is 8220. The van der Waals surface area contributed by atoms with Gasteiger partial charge in [0.05, 0.1) is 59.8 Å². The number of aliphatic hydroxyl groups excluding tert-OH is 2. The highest BCUT2D eigenvalue weighted by molar-refractivity contribution is 6.53. The number of hydrogen-bond donors (Lipinski definition) is 12. The van der Waals surface area contributed by atoms with Crippen LogP contribution in [-0.4, -0.2) is 75.5 Å². The van der Waals surface area contributed by atoms with Gasteiger partial charge in [0.2, 0.25) is 0 Å². The number of aryl methyl sites for hydroxylation is 6. The molecule has 0 saturated carbocycles. The Hall–Kier alpha value is -14.7. The molecule has 0 fully saturated rings. The Morgan fingerprint density at radius 2 is 0.500 bits per heavy atom. The van der Waals surface area contributed by atoms with E-state index < -0.39 is 69.4 Å². The molecular formula is C94H60O22. The fourth-order valence-electron chi connectivity index (χ4n) is 19.6. The standard InChI is InChI=1S/C34H26O8.C30H16O8.C30H18O6/c1-15-5-7-19-21(9-15)27-28-22-10-16(2)6-8-20(22)34(38)26-18(14-36)12-24(42-40-4)30(32(26)28)29-23(41-39-3)11-17(13-35)25(31(27)29)33(19)37;1-7-3-9(31)19-23-15(7)16-8(2)4-10(32)20-24(16)28-26-18(12(34)6-14(36)22(26)30(20)38)17-11(33)5-13(35)21(29(19)37)25(17)27(23)28;1-11-3-5-13-15(7-11)21-22-16-8-12(2)4-6-14(16)30(36)26-20(34)10-18(32)24(28(22)26)23-17(31)9-19(33)25(27(21)23)29(13)35/h5-12,35-36H,13-14H2,1-4H3;3-6,33-38H,1-2H3;3-10,33-36H,1-2H3. The van der Waals surface area contributed by atoms with Crippen LogP contribution in [0.1, 0.15) is 44.5 Å². The van der Waals surface area contributed by atoms with Crippen LogP contribution < -0.4 is 42.3 Å². The fraction of sp³-hybridized carbons (Fsp3) is 0.106. The molecule has 0 amide bonds. The smallest absolute Gasteiger partial charge is 0.194 e. The van der Waals surface area contributed by atoms with Crippen molar-refractivity contribution in [3.05, 3.63) is 227 Å². The normalized spacial score (nSPS) is 12.4. The highest BCUT2D eigenvalue weighted by Gasteiger charge is 2.36. The van der Waals surface area contributed by atoms with Crippen LogP contribution in [0, 0.1) is 41.5 Å². The molecule has 0 aliphatic carbocycles. The summed E-state index contributed by atoms with van der Waals surface area (Å²) >= 11 is 0. The van der Waals surface area contributed by atoms with Crippen LogP contribution in [0.3, 0.4) is 0 Å². The molecule has 0 bridgehead atoms. The number of benzene rings is 22. The molecular weight excluding hydrogens is 1480 g/mol. The summed E-state index contributed by atoms with van der Waals surface area (Å²) in [5, 5.41) is 145. The lowest BCUT2D eigenvalue weighted by Crippen LogP contribution is -2.11. The maximum Gasteiger partial charge on any atom is 0.194 e. The summed E-state index contributed by atoms with van der Waals surface area (Å²) in [6, 6.07) is 32.1. The number of aliphatic hydroxyl groups is 2. The van der Waals surface area contributed by atoms with Crippen molar-refractivity contribution in [1.82, 2.24) is 0 Å². The minimum atomic E-state index is -0.591. The van der Waals surface area contributed by atoms with Gasteiger partial charge < -0.3 is 71.1 Å². The molecule has 0 aromatic heterocycles. The number of hydrogen-bond acceptors (Lipinski definition) is 22. The monoisotopic (exact) mass is 1540 g/mol. The zero-order valence-corrected chi connectivity index (χ0v) is 62.4. The Labute approximate surface area is 647 Å². The average molecular weight is 1540 g/mol. The van der Waals surface area contributed by atoms with Gasteiger partial charge in [-0.25, -0.2) is 0 Å². The van der Waals surface area contributed by atoms with Crippen LogP contribution in [0.5, 0.6) is 69.0 Å². The van der Waals surface area contributed by atoms with Crippen molar-refractivity contribution < 1.29 is 80.8 Å². The summed E-state index contributed by atoms with van der Waals surface area (Å²) in [5.74, 6) is -3.45. The van der Waals surface area contributed by atoms with Crippen LogP contribution in [0.4, 0.5) is 0 Å². The molecule has 0 aliphatic heterocycles. The Balaban J connectivity index is 0.000000113. The van der Waals surface area contributed by atoms with E-state index in [-0.39, 0.29) is 121 Å². The van der Waals surface area contributed by atoms with E-state index in [4.69, 9.17) is 19.6 Å². The summed E-state index contributed by atoms with van der Waals surface area (Å²) < 4.78 is 0. The molecule has 0 aliphatic rings. The van der Waals surface area contributed by atoms with Gasteiger partial charge in [0.1, 0.15) is 57.5 Å². The molecule has 22 nitrogen and oxygen atoms in total.